The number of halogens is 1. The summed E-state index contributed by atoms with van der Waals surface area (Å²) in [6.07, 6.45) is 4.97. The summed E-state index contributed by atoms with van der Waals surface area (Å²) in [7, 11) is 0. The summed E-state index contributed by atoms with van der Waals surface area (Å²) in [5.41, 5.74) is 1.26. The number of hydrogen-bond acceptors (Lipinski definition) is 1. The van der Waals surface area contributed by atoms with Crippen molar-refractivity contribution in [2.45, 2.75) is 45.6 Å². The van der Waals surface area contributed by atoms with E-state index in [0.29, 0.717) is 12.0 Å². The van der Waals surface area contributed by atoms with E-state index in [2.05, 4.69) is 19.2 Å². The van der Waals surface area contributed by atoms with Gasteiger partial charge in [-0.1, -0.05) is 26.0 Å². The van der Waals surface area contributed by atoms with Crippen molar-refractivity contribution in [2.24, 2.45) is 11.8 Å². The Kier molecular flexibility index (Phi) is 4.76. The van der Waals surface area contributed by atoms with E-state index in [0.717, 1.165) is 18.9 Å². The molecule has 1 fully saturated rings. The van der Waals surface area contributed by atoms with E-state index < -0.39 is 0 Å². The van der Waals surface area contributed by atoms with Crippen molar-refractivity contribution >= 4 is 0 Å². The van der Waals surface area contributed by atoms with Crippen LogP contribution in [0.4, 0.5) is 4.39 Å². The fourth-order valence-electron chi connectivity index (χ4n) is 3.18. The number of hydrogen-bond donors (Lipinski definition) is 1. The fraction of sp³-hybridized carbons (Fsp3) is 0.625. The predicted octanol–water partition coefficient (Wildman–Crippen LogP) is 3.78. The van der Waals surface area contributed by atoms with Crippen LogP contribution >= 0.6 is 0 Å². The molecule has 1 nitrogen and oxygen atoms in total. The summed E-state index contributed by atoms with van der Waals surface area (Å²) in [5.74, 6) is 1.38. The van der Waals surface area contributed by atoms with Gasteiger partial charge in [-0.15, -0.1) is 0 Å². The van der Waals surface area contributed by atoms with Gasteiger partial charge in [-0.3, -0.25) is 0 Å². The lowest BCUT2D eigenvalue weighted by Gasteiger charge is -2.35. The molecule has 3 unspecified atom stereocenters. The maximum Gasteiger partial charge on any atom is 0.123 e. The highest BCUT2D eigenvalue weighted by atomic mass is 19.1. The van der Waals surface area contributed by atoms with E-state index >= 15 is 0 Å². The molecule has 0 aliphatic heterocycles. The monoisotopic (exact) mass is 249 g/mol. The van der Waals surface area contributed by atoms with Crippen LogP contribution < -0.4 is 5.32 Å². The highest BCUT2D eigenvalue weighted by Crippen LogP contribution is 2.31. The van der Waals surface area contributed by atoms with Crippen molar-refractivity contribution in [3.8, 4) is 0 Å². The Balaban J connectivity index is 2.01. The Morgan fingerprint density at radius 1 is 1.22 bits per heavy atom. The minimum Gasteiger partial charge on any atom is -0.314 e. The molecule has 1 aliphatic rings. The number of rotatable bonds is 4. The summed E-state index contributed by atoms with van der Waals surface area (Å²) in [5, 5.41) is 3.61. The molecule has 100 valence electrons. The van der Waals surface area contributed by atoms with Crippen LogP contribution in [0, 0.1) is 17.7 Å². The van der Waals surface area contributed by atoms with Gasteiger partial charge in [0.15, 0.2) is 0 Å². The van der Waals surface area contributed by atoms with E-state index in [9.17, 15) is 4.39 Å². The summed E-state index contributed by atoms with van der Waals surface area (Å²) in [6.45, 7) is 5.56. The minimum atomic E-state index is -0.140. The predicted molar refractivity (Wildman–Crippen MR) is 74.1 cm³/mol. The van der Waals surface area contributed by atoms with Crippen LogP contribution in [-0.2, 0) is 6.42 Å². The zero-order valence-corrected chi connectivity index (χ0v) is 11.5. The molecule has 1 aromatic rings. The molecule has 1 aromatic carbocycles. The maximum atomic E-state index is 12.9. The molecule has 0 radical (unpaired) electrons. The average Bonchev–Trinajstić information content (AvgIpc) is 2.36. The van der Waals surface area contributed by atoms with Gasteiger partial charge < -0.3 is 5.32 Å². The number of benzene rings is 1. The van der Waals surface area contributed by atoms with E-state index in [1.54, 1.807) is 12.1 Å². The summed E-state index contributed by atoms with van der Waals surface area (Å²) < 4.78 is 12.9. The second-order valence-corrected chi connectivity index (χ2v) is 5.67. The zero-order valence-electron chi connectivity index (χ0n) is 11.5. The second-order valence-electron chi connectivity index (χ2n) is 5.67. The van der Waals surface area contributed by atoms with Gasteiger partial charge >= 0.3 is 0 Å². The van der Waals surface area contributed by atoms with Gasteiger partial charge in [-0.25, -0.2) is 4.39 Å². The lowest BCUT2D eigenvalue weighted by Crippen LogP contribution is -2.41. The first-order chi connectivity index (χ1) is 8.69. The Labute approximate surface area is 110 Å². The molecule has 18 heavy (non-hydrogen) atoms. The Morgan fingerprint density at radius 3 is 2.61 bits per heavy atom. The normalized spacial score (nSPS) is 28.3. The van der Waals surface area contributed by atoms with Crippen molar-refractivity contribution in [1.29, 1.82) is 0 Å². The Hall–Kier alpha value is -0.890. The highest BCUT2D eigenvalue weighted by molar-refractivity contribution is 5.17. The molecule has 0 saturated heterocycles. The first-order valence-corrected chi connectivity index (χ1v) is 7.17. The topological polar surface area (TPSA) is 12.0 Å². The average molecular weight is 249 g/mol. The molecule has 0 aromatic heterocycles. The van der Waals surface area contributed by atoms with E-state index in [-0.39, 0.29) is 5.82 Å². The molecular weight excluding hydrogens is 225 g/mol. The van der Waals surface area contributed by atoms with Gasteiger partial charge in [-0.05, 0) is 61.8 Å². The van der Waals surface area contributed by atoms with Gasteiger partial charge in [0.05, 0.1) is 0 Å². The molecule has 0 heterocycles. The van der Waals surface area contributed by atoms with Gasteiger partial charge in [-0.2, -0.15) is 0 Å². The summed E-state index contributed by atoms with van der Waals surface area (Å²) in [4.78, 5) is 0. The minimum absolute atomic E-state index is 0.140. The zero-order chi connectivity index (χ0) is 13.0. The third-order valence-corrected chi connectivity index (χ3v) is 4.12. The van der Waals surface area contributed by atoms with Gasteiger partial charge in [0.1, 0.15) is 5.82 Å². The first kappa shape index (κ1) is 13.5. The molecule has 2 rings (SSSR count). The molecule has 0 spiro atoms. The van der Waals surface area contributed by atoms with Crippen LogP contribution in [0.25, 0.3) is 0 Å². The van der Waals surface area contributed by atoms with E-state index in [1.165, 1.54) is 24.8 Å². The second kappa shape index (κ2) is 6.33. The summed E-state index contributed by atoms with van der Waals surface area (Å²) >= 11 is 0. The molecule has 1 N–H and O–H groups in total. The Morgan fingerprint density at radius 2 is 1.94 bits per heavy atom. The summed E-state index contributed by atoms with van der Waals surface area (Å²) in [6, 6.07) is 7.64. The quantitative estimate of drug-likeness (QED) is 0.856. The van der Waals surface area contributed by atoms with E-state index in [4.69, 9.17) is 0 Å². The molecule has 1 aliphatic carbocycles. The molecular formula is C16H24FN. The molecule has 3 atom stereocenters. The van der Waals surface area contributed by atoms with E-state index in [1.807, 2.05) is 12.1 Å². The van der Waals surface area contributed by atoms with Crippen molar-refractivity contribution in [3.63, 3.8) is 0 Å². The van der Waals surface area contributed by atoms with Crippen molar-refractivity contribution in [1.82, 2.24) is 5.32 Å². The van der Waals surface area contributed by atoms with Crippen molar-refractivity contribution < 1.29 is 4.39 Å². The van der Waals surface area contributed by atoms with Crippen LogP contribution in [-0.4, -0.2) is 12.6 Å². The largest absolute Gasteiger partial charge is 0.314 e. The molecule has 1 saturated carbocycles. The smallest absolute Gasteiger partial charge is 0.123 e. The Bertz CT molecular complexity index is 360. The lowest BCUT2D eigenvalue weighted by atomic mass is 9.76. The lowest BCUT2D eigenvalue weighted by molar-refractivity contribution is 0.214. The van der Waals surface area contributed by atoms with Crippen LogP contribution in [0.3, 0.4) is 0 Å². The van der Waals surface area contributed by atoms with Crippen LogP contribution in [0.1, 0.15) is 38.7 Å². The maximum absolute atomic E-state index is 12.9. The van der Waals surface area contributed by atoms with Crippen LogP contribution in [0.5, 0.6) is 0 Å². The van der Waals surface area contributed by atoms with Crippen molar-refractivity contribution in [2.75, 3.05) is 6.54 Å². The third kappa shape index (κ3) is 3.55. The first-order valence-electron chi connectivity index (χ1n) is 7.17. The number of nitrogens with one attached hydrogen (secondary N) is 1. The van der Waals surface area contributed by atoms with Crippen molar-refractivity contribution in [3.05, 3.63) is 35.6 Å². The third-order valence-electron chi connectivity index (χ3n) is 4.12. The van der Waals surface area contributed by atoms with Gasteiger partial charge in [0.2, 0.25) is 0 Å². The molecule has 0 bridgehead atoms. The molecule has 0 amide bonds. The van der Waals surface area contributed by atoms with Gasteiger partial charge in [0.25, 0.3) is 0 Å². The fourth-order valence-corrected chi connectivity index (χ4v) is 3.18. The standard InChI is InChI=1S/C16H24FN/c1-3-18-16-9-4-12(2)10-14(16)11-13-5-7-15(17)8-6-13/h5-8,12,14,16,18H,3-4,9-11H2,1-2H3. The highest BCUT2D eigenvalue weighted by Gasteiger charge is 2.27. The van der Waals surface area contributed by atoms with Gasteiger partial charge in [0, 0.05) is 6.04 Å². The van der Waals surface area contributed by atoms with Crippen LogP contribution in [0.2, 0.25) is 0 Å². The molecule has 2 heteroatoms. The SMILES string of the molecule is CCNC1CCC(C)CC1Cc1ccc(F)cc1. The van der Waals surface area contributed by atoms with Crippen LogP contribution in [0.15, 0.2) is 24.3 Å².